The van der Waals surface area contributed by atoms with Crippen LogP contribution in [0.3, 0.4) is 0 Å². The van der Waals surface area contributed by atoms with Crippen LogP contribution in [-0.4, -0.2) is 24.0 Å². The Morgan fingerprint density at radius 3 is 2.75 bits per heavy atom. The molecule has 0 aliphatic heterocycles. The van der Waals surface area contributed by atoms with E-state index in [1.54, 1.807) is 30.6 Å². The summed E-state index contributed by atoms with van der Waals surface area (Å²) in [6.45, 7) is 1.06. The average Bonchev–Trinajstić information content (AvgIpc) is 3.10. The summed E-state index contributed by atoms with van der Waals surface area (Å²) >= 11 is 6.13. The third-order valence-electron chi connectivity index (χ3n) is 3.37. The topological polar surface area (TPSA) is 67.2 Å². The van der Waals surface area contributed by atoms with E-state index in [1.807, 2.05) is 30.3 Å². The fourth-order valence-corrected chi connectivity index (χ4v) is 2.43. The molecule has 3 rings (SSSR count). The number of rotatable bonds is 6. The molecule has 0 fully saturated rings. The van der Waals surface area contributed by atoms with Crippen LogP contribution in [-0.2, 0) is 0 Å². The zero-order valence-corrected chi connectivity index (χ0v) is 13.6. The zero-order chi connectivity index (χ0) is 16.8. The van der Waals surface area contributed by atoms with E-state index in [9.17, 15) is 4.79 Å². The molecule has 6 heteroatoms. The number of carbonyl (C=O) groups is 1. The molecule has 2 aromatic heterocycles. The number of furan rings is 1. The maximum Gasteiger partial charge on any atom is 0.287 e. The number of amides is 1. The summed E-state index contributed by atoms with van der Waals surface area (Å²) in [5, 5.41) is 6.55. The molecule has 0 aliphatic rings. The minimum Gasteiger partial charge on any atom is -0.451 e. The maximum absolute atomic E-state index is 12.1. The normalized spacial score (nSPS) is 10.4. The van der Waals surface area contributed by atoms with Gasteiger partial charge in [-0.2, -0.15) is 0 Å². The lowest BCUT2D eigenvalue weighted by atomic mass is 10.2. The fraction of sp³-hybridized carbons (Fsp3) is 0.111. The Morgan fingerprint density at radius 1 is 1.08 bits per heavy atom. The van der Waals surface area contributed by atoms with Gasteiger partial charge >= 0.3 is 0 Å². The van der Waals surface area contributed by atoms with Crippen LogP contribution < -0.4 is 10.6 Å². The summed E-state index contributed by atoms with van der Waals surface area (Å²) in [5.41, 5.74) is 1.67. The zero-order valence-electron chi connectivity index (χ0n) is 12.8. The van der Waals surface area contributed by atoms with E-state index < -0.39 is 0 Å². The van der Waals surface area contributed by atoms with Gasteiger partial charge in [-0.1, -0.05) is 23.7 Å². The molecule has 3 aromatic rings. The number of hydrogen-bond acceptors (Lipinski definition) is 4. The van der Waals surface area contributed by atoms with E-state index in [4.69, 9.17) is 16.0 Å². The van der Waals surface area contributed by atoms with Crippen LogP contribution >= 0.6 is 11.6 Å². The number of carbonyl (C=O) groups excluding carboxylic acids is 1. The van der Waals surface area contributed by atoms with Gasteiger partial charge in [0.15, 0.2) is 5.76 Å². The minimum atomic E-state index is -0.263. The first-order chi connectivity index (χ1) is 11.7. The van der Waals surface area contributed by atoms with Crippen molar-refractivity contribution < 1.29 is 9.21 Å². The predicted molar refractivity (Wildman–Crippen MR) is 94.2 cm³/mol. The number of anilines is 1. The van der Waals surface area contributed by atoms with Gasteiger partial charge < -0.3 is 15.1 Å². The molecular formula is C18H16ClN3O2. The van der Waals surface area contributed by atoms with Gasteiger partial charge in [-0.25, -0.2) is 0 Å². The van der Waals surface area contributed by atoms with E-state index in [0.29, 0.717) is 23.9 Å². The number of hydrogen-bond donors (Lipinski definition) is 2. The highest BCUT2D eigenvalue weighted by atomic mass is 35.5. The van der Waals surface area contributed by atoms with Gasteiger partial charge in [0.25, 0.3) is 5.91 Å². The second-order valence-corrected chi connectivity index (χ2v) is 5.48. The van der Waals surface area contributed by atoms with Crippen LogP contribution in [0.15, 0.2) is 65.3 Å². The Morgan fingerprint density at radius 2 is 1.96 bits per heavy atom. The summed E-state index contributed by atoms with van der Waals surface area (Å²) in [6, 6.07) is 14.5. The van der Waals surface area contributed by atoms with Crippen molar-refractivity contribution in [2.75, 3.05) is 18.4 Å². The summed E-state index contributed by atoms with van der Waals surface area (Å²) in [6.07, 6.45) is 3.44. The third-order valence-corrected chi connectivity index (χ3v) is 3.70. The lowest BCUT2D eigenvalue weighted by molar-refractivity contribution is 0.0928. The lowest BCUT2D eigenvalue weighted by Gasteiger charge is -2.06. The quantitative estimate of drug-likeness (QED) is 0.668. The highest BCUT2D eigenvalue weighted by molar-refractivity contribution is 6.33. The van der Waals surface area contributed by atoms with Crippen molar-refractivity contribution in [1.82, 2.24) is 10.3 Å². The summed E-state index contributed by atoms with van der Waals surface area (Å²) in [5.74, 6) is 0.562. The molecule has 1 aromatic carbocycles. The van der Waals surface area contributed by atoms with Gasteiger partial charge in [-0.3, -0.25) is 9.78 Å². The summed E-state index contributed by atoms with van der Waals surface area (Å²) in [7, 11) is 0. The number of pyridine rings is 1. The molecule has 0 unspecified atom stereocenters. The number of benzene rings is 1. The van der Waals surface area contributed by atoms with E-state index >= 15 is 0 Å². The summed E-state index contributed by atoms with van der Waals surface area (Å²) < 4.78 is 5.60. The van der Waals surface area contributed by atoms with Gasteiger partial charge in [0.2, 0.25) is 0 Å². The first-order valence-corrected chi connectivity index (χ1v) is 7.88. The van der Waals surface area contributed by atoms with Gasteiger partial charge in [0, 0.05) is 31.0 Å². The molecule has 0 bridgehead atoms. The molecule has 0 radical (unpaired) electrons. The van der Waals surface area contributed by atoms with Crippen LogP contribution in [0.25, 0.3) is 11.3 Å². The van der Waals surface area contributed by atoms with E-state index in [1.165, 1.54) is 0 Å². The molecule has 0 aliphatic carbocycles. The monoisotopic (exact) mass is 341 g/mol. The minimum absolute atomic E-state index is 0.256. The molecule has 1 amide bonds. The molecule has 0 saturated carbocycles. The molecule has 2 heterocycles. The molecule has 0 atom stereocenters. The third kappa shape index (κ3) is 3.94. The molecule has 0 saturated heterocycles. The molecule has 0 spiro atoms. The predicted octanol–water partition coefficient (Wildman–Crippen LogP) is 3.84. The Kier molecular flexibility index (Phi) is 5.13. The van der Waals surface area contributed by atoms with E-state index in [-0.39, 0.29) is 11.7 Å². The van der Waals surface area contributed by atoms with Crippen LogP contribution in [0.5, 0.6) is 0 Å². The van der Waals surface area contributed by atoms with Gasteiger partial charge in [0.1, 0.15) is 5.76 Å². The van der Waals surface area contributed by atoms with Crippen LogP contribution in [0, 0.1) is 0 Å². The lowest BCUT2D eigenvalue weighted by Crippen LogP contribution is -2.28. The van der Waals surface area contributed by atoms with Crippen molar-refractivity contribution in [2.45, 2.75) is 0 Å². The first kappa shape index (κ1) is 16.1. The van der Waals surface area contributed by atoms with Crippen molar-refractivity contribution in [2.24, 2.45) is 0 Å². The van der Waals surface area contributed by atoms with Gasteiger partial charge in [-0.05, 0) is 36.4 Å². The molecule has 5 nitrogen and oxygen atoms in total. The van der Waals surface area contributed by atoms with Crippen molar-refractivity contribution >= 4 is 23.2 Å². The number of nitrogens with one attached hydrogen (secondary N) is 2. The Hall–Kier alpha value is -2.79. The second kappa shape index (κ2) is 7.66. The molecule has 24 heavy (non-hydrogen) atoms. The van der Waals surface area contributed by atoms with Crippen molar-refractivity contribution in [3.05, 3.63) is 71.7 Å². The van der Waals surface area contributed by atoms with E-state index in [2.05, 4.69) is 15.6 Å². The van der Waals surface area contributed by atoms with Crippen molar-refractivity contribution in [3.63, 3.8) is 0 Å². The maximum atomic E-state index is 12.1. The second-order valence-electron chi connectivity index (χ2n) is 5.07. The van der Waals surface area contributed by atoms with E-state index in [0.717, 1.165) is 11.3 Å². The molecular weight excluding hydrogens is 326 g/mol. The average molecular weight is 342 g/mol. The number of nitrogens with zero attached hydrogens (tertiary/aromatic N) is 1. The Bertz CT molecular complexity index is 818. The van der Waals surface area contributed by atoms with Crippen LogP contribution in [0.4, 0.5) is 5.69 Å². The summed E-state index contributed by atoms with van der Waals surface area (Å²) in [4.78, 5) is 16.1. The smallest absolute Gasteiger partial charge is 0.287 e. The van der Waals surface area contributed by atoms with Gasteiger partial charge in [-0.15, -0.1) is 0 Å². The standard InChI is InChI=1S/C18H16ClN3O2/c19-15-6-2-1-5-14(15)16-7-8-17(24-16)18(23)22-11-10-21-13-4-3-9-20-12-13/h1-9,12,21H,10-11H2,(H,22,23). The Balaban J connectivity index is 1.54. The largest absolute Gasteiger partial charge is 0.451 e. The first-order valence-electron chi connectivity index (χ1n) is 7.51. The van der Waals surface area contributed by atoms with Crippen LogP contribution in [0.2, 0.25) is 5.02 Å². The van der Waals surface area contributed by atoms with Crippen molar-refractivity contribution in [1.29, 1.82) is 0 Å². The van der Waals surface area contributed by atoms with Crippen LogP contribution in [0.1, 0.15) is 10.6 Å². The Labute approximate surface area is 144 Å². The molecule has 122 valence electrons. The fourth-order valence-electron chi connectivity index (χ4n) is 2.20. The van der Waals surface area contributed by atoms with Gasteiger partial charge in [0.05, 0.1) is 10.7 Å². The molecule has 2 N–H and O–H groups in total. The highest BCUT2D eigenvalue weighted by Gasteiger charge is 2.13. The SMILES string of the molecule is O=C(NCCNc1cccnc1)c1ccc(-c2ccccc2Cl)o1. The number of halogens is 1. The highest BCUT2D eigenvalue weighted by Crippen LogP contribution is 2.28. The number of aromatic nitrogens is 1. The van der Waals surface area contributed by atoms with Crippen molar-refractivity contribution in [3.8, 4) is 11.3 Å².